The van der Waals surface area contributed by atoms with E-state index >= 15 is 0 Å². The summed E-state index contributed by atoms with van der Waals surface area (Å²) in [6.07, 6.45) is 1.82. The topological polar surface area (TPSA) is 35.6 Å². The first kappa shape index (κ1) is 15.1. The van der Waals surface area contributed by atoms with Gasteiger partial charge in [-0.05, 0) is 19.5 Å². The fraction of sp³-hybridized carbons (Fsp3) is 0.929. The van der Waals surface area contributed by atoms with Crippen molar-refractivity contribution in [2.75, 3.05) is 44.2 Å². The summed E-state index contributed by atoms with van der Waals surface area (Å²) in [5, 5.41) is 3.45. The molecular weight excluding hydrogens is 258 g/mol. The number of amides is 1. The van der Waals surface area contributed by atoms with Gasteiger partial charge in [0.15, 0.2) is 0 Å². The van der Waals surface area contributed by atoms with Gasteiger partial charge >= 0.3 is 0 Å². The highest BCUT2D eigenvalue weighted by Gasteiger charge is 2.30. The summed E-state index contributed by atoms with van der Waals surface area (Å²) in [6.45, 7) is 9.51. The van der Waals surface area contributed by atoms with Gasteiger partial charge in [-0.25, -0.2) is 0 Å². The van der Waals surface area contributed by atoms with Gasteiger partial charge in [0.2, 0.25) is 5.91 Å². The second kappa shape index (κ2) is 7.50. The molecule has 0 saturated carbocycles. The van der Waals surface area contributed by atoms with E-state index in [9.17, 15) is 4.79 Å². The van der Waals surface area contributed by atoms with E-state index in [-0.39, 0.29) is 0 Å². The van der Waals surface area contributed by atoms with E-state index in [1.807, 2.05) is 11.8 Å². The SMILES string of the molecule is CCN(CC)C1CCN(C(=O)CC2CSCCN2)C1. The number of carbonyl (C=O) groups excluding carboxylic acids is 1. The van der Waals surface area contributed by atoms with Crippen molar-refractivity contribution in [2.24, 2.45) is 0 Å². The molecule has 2 heterocycles. The maximum atomic E-state index is 12.3. The normalized spacial score (nSPS) is 28.1. The Morgan fingerprint density at radius 3 is 2.84 bits per heavy atom. The fourth-order valence-electron chi connectivity index (χ4n) is 3.10. The Bertz CT molecular complexity index is 290. The molecule has 0 radical (unpaired) electrons. The number of carbonyl (C=O) groups is 1. The summed E-state index contributed by atoms with van der Waals surface area (Å²) >= 11 is 1.96. The molecule has 2 rings (SSSR count). The number of rotatable bonds is 5. The molecule has 2 saturated heterocycles. The molecule has 0 aromatic rings. The molecule has 0 aromatic heterocycles. The highest BCUT2D eigenvalue weighted by molar-refractivity contribution is 7.99. The van der Waals surface area contributed by atoms with Gasteiger partial charge in [0.25, 0.3) is 0 Å². The van der Waals surface area contributed by atoms with Crippen LogP contribution >= 0.6 is 11.8 Å². The molecule has 2 atom stereocenters. The molecule has 0 spiro atoms. The van der Waals surface area contributed by atoms with Crippen molar-refractivity contribution in [3.63, 3.8) is 0 Å². The van der Waals surface area contributed by atoms with Crippen molar-refractivity contribution in [2.45, 2.75) is 38.8 Å². The van der Waals surface area contributed by atoms with Crippen LogP contribution in [0.5, 0.6) is 0 Å². The van der Waals surface area contributed by atoms with Gasteiger partial charge < -0.3 is 10.2 Å². The van der Waals surface area contributed by atoms with Crippen LogP contribution in [0.1, 0.15) is 26.7 Å². The molecule has 2 aliphatic heterocycles. The van der Waals surface area contributed by atoms with Crippen LogP contribution in [0.4, 0.5) is 0 Å². The molecule has 0 aliphatic carbocycles. The zero-order valence-electron chi connectivity index (χ0n) is 12.2. The summed E-state index contributed by atoms with van der Waals surface area (Å²) in [6, 6.07) is 0.964. The number of nitrogens with one attached hydrogen (secondary N) is 1. The first-order valence-electron chi connectivity index (χ1n) is 7.57. The van der Waals surface area contributed by atoms with Gasteiger partial charge in [-0.2, -0.15) is 11.8 Å². The average molecular weight is 285 g/mol. The predicted octanol–water partition coefficient (Wildman–Crippen LogP) is 1.02. The Labute approximate surface area is 121 Å². The Morgan fingerprint density at radius 1 is 1.42 bits per heavy atom. The smallest absolute Gasteiger partial charge is 0.224 e. The van der Waals surface area contributed by atoms with Crippen molar-refractivity contribution < 1.29 is 4.79 Å². The number of thioether (sulfide) groups is 1. The lowest BCUT2D eigenvalue weighted by molar-refractivity contribution is -0.130. The minimum Gasteiger partial charge on any atom is -0.341 e. The van der Waals surface area contributed by atoms with E-state index in [4.69, 9.17) is 0 Å². The van der Waals surface area contributed by atoms with Crippen LogP contribution in [0.3, 0.4) is 0 Å². The second-order valence-corrected chi connectivity index (χ2v) is 6.58. The van der Waals surface area contributed by atoms with Gasteiger partial charge in [-0.3, -0.25) is 9.69 Å². The number of hydrogen-bond acceptors (Lipinski definition) is 4. The van der Waals surface area contributed by atoms with E-state index in [0.29, 0.717) is 24.4 Å². The molecular formula is C14H27N3OS. The first-order chi connectivity index (χ1) is 9.24. The molecule has 1 N–H and O–H groups in total. The summed E-state index contributed by atoms with van der Waals surface area (Å²) in [7, 11) is 0. The number of likely N-dealkylation sites (tertiary alicyclic amines) is 1. The quantitative estimate of drug-likeness (QED) is 0.818. The molecule has 2 fully saturated rings. The van der Waals surface area contributed by atoms with Gasteiger partial charge in [0.1, 0.15) is 0 Å². The summed E-state index contributed by atoms with van der Waals surface area (Å²) in [5.41, 5.74) is 0. The molecule has 2 aliphatic rings. The van der Waals surface area contributed by atoms with E-state index in [1.54, 1.807) is 0 Å². The number of likely N-dealkylation sites (N-methyl/N-ethyl adjacent to an activating group) is 1. The molecule has 4 nitrogen and oxygen atoms in total. The lowest BCUT2D eigenvalue weighted by atomic mass is 10.2. The Balaban J connectivity index is 1.77. The van der Waals surface area contributed by atoms with E-state index < -0.39 is 0 Å². The highest BCUT2D eigenvalue weighted by atomic mass is 32.2. The zero-order chi connectivity index (χ0) is 13.7. The van der Waals surface area contributed by atoms with E-state index in [1.165, 1.54) is 5.75 Å². The summed E-state index contributed by atoms with van der Waals surface area (Å²) < 4.78 is 0. The molecule has 0 bridgehead atoms. The predicted molar refractivity (Wildman–Crippen MR) is 81.6 cm³/mol. The van der Waals surface area contributed by atoms with Crippen molar-refractivity contribution >= 4 is 17.7 Å². The summed E-state index contributed by atoms with van der Waals surface area (Å²) in [5.74, 6) is 2.60. The fourth-order valence-corrected chi connectivity index (χ4v) is 4.05. The number of nitrogens with zero attached hydrogens (tertiary/aromatic N) is 2. The average Bonchev–Trinajstić information content (AvgIpc) is 2.91. The third-order valence-electron chi connectivity index (χ3n) is 4.26. The zero-order valence-corrected chi connectivity index (χ0v) is 13.0. The van der Waals surface area contributed by atoms with Gasteiger partial charge in [-0.15, -0.1) is 0 Å². The van der Waals surface area contributed by atoms with Crippen molar-refractivity contribution in [3.05, 3.63) is 0 Å². The lowest BCUT2D eigenvalue weighted by Crippen LogP contribution is -2.43. The van der Waals surface area contributed by atoms with Crippen molar-refractivity contribution in [3.8, 4) is 0 Å². The molecule has 0 aromatic carbocycles. The monoisotopic (exact) mass is 285 g/mol. The van der Waals surface area contributed by atoms with Gasteiger partial charge in [-0.1, -0.05) is 13.8 Å². The van der Waals surface area contributed by atoms with Crippen LogP contribution in [0.15, 0.2) is 0 Å². The molecule has 5 heteroatoms. The maximum absolute atomic E-state index is 12.3. The van der Waals surface area contributed by atoms with Crippen LogP contribution < -0.4 is 5.32 Å². The van der Waals surface area contributed by atoms with E-state index in [0.717, 1.165) is 44.9 Å². The third kappa shape index (κ3) is 4.10. The Hall–Kier alpha value is -0.260. The van der Waals surface area contributed by atoms with Crippen LogP contribution in [-0.4, -0.2) is 72.0 Å². The van der Waals surface area contributed by atoms with Gasteiger partial charge in [0.05, 0.1) is 0 Å². The van der Waals surface area contributed by atoms with Crippen LogP contribution in [0.2, 0.25) is 0 Å². The van der Waals surface area contributed by atoms with E-state index in [2.05, 4.69) is 29.0 Å². The molecule has 110 valence electrons. The summed E-state index contributed by atoms with van der Waals surface area (Å²) in [4.78, 5) is 16.9. The van der Waals surface area contributed by atoms with Gasteiger partial charge in [0, 0.05) is 49.6 Å². The third-order valence-corrected chi connectivity index (χ3v) is 5.40. The van der Waals surface area contributed by atoms with Crippen LogP contribution in [0, 0.1) is 0 Å². The van der Waals surface area contributed by atoms with Crippen molar-refractivity contribution in [1.82, 2.24) is 15.1 Å². The van der Waals surface area contributed by atoms with Crippen LogP contribution in [-0.2, 0) is 4.79 Å². The molecule has 2 unspecified atom stereocenters. The largest absolute Gasteiger partial charge is 0.341 e. The highest BCUT2D eigenvalue weighted by Crippen LogP contribution is 2.18. The standard InChI is InChI=1S/C14H27N3OS/c1-3-16(4-2)13-5-7-17(10-13)14(18)9-12-11-19-8-6-15-12/h12-13,15H,3-11H2,1-2H3. The minimum atomic E-state index is 0.342. The maximum Gasteiger partial charge on any atom is 0.224 e. The van der Waals surface area contributed by atoms with Crippen LogP contribution in [0.25, 0.3) is 0 Å². The Morgan fingerprint density at radius 2 is 2.21 bits per heavy atom. The Kier molecular flexibility index (Phi) is 5.98. The first-order valence-corrected chi connectivity index (χ1v) is 8.73. The molecule has 19 heavy (non-hydrogen) atoms. The number of hydrogen-bond donors (Lipinski definition) is 1. The van der Waals surface area contributed by atoms with Crippen molar-refractivity contribution in [1.29, 1.82) is 0 Å². The second-order valence-electron chi connectivity index (χ2n) is 5.43. The minimum absolute atomic E-state index is 0.342. The molecule has 1 amide bonds. The lowest BCUT2D eigenvalue weighted by Gasteiger charge is -2.27.